The number of benzene rings is 6. The van der Waals surface area contributed by atoms with Crippen LogP contribution in [0.1, 0.15) is 155 Å². The number of aromatic hydroxyl groups is 3. The summed E-state index contributed by atoms with van der Waals surface area (Å²) in [6.07, 6.45) is -25.3. The van der Waals surface area contributed by atoms with Crippen LogP contribution in [-0.2, 0) is 71.2 Å². The Hall–Kier alpha value is -10.3. The van der Waals surface area contributed by atoms with E-state index in [-0.39, 0.29) is 73.6 Å². The van der Waals surface area contributed by atoms with Crippen molar-refractivity contribution in [2.24, 2.45) is 17.4 Å². The van der Waals surface area contributed by atoms with Crippen LogP contribution in [-0.4, -0.2) is 259 Å². The number of aliphatic carboxylic acids is 1. The lowest BCUT2D eigenvalue weighted by molar-refractivity contribution is -0.334. The first-order valence-electron chi connectivity index (χ1n) is 42.3. The van der Waals surface area contributed by atoms with Gasteiger partial charge in [0.05, 0.1) is 60.1 Å². The Kier molecular flexibility index (Phi) is 32.2. The molecule has 6 aromatic carbocycles. The minimum atomic E-state index is -5.18. The number of phenols is 3. The van der Waals surface area contributed by atoms with E-state index in [2.05, 4.69) is 42.5 Å². The minimum Gasteiger partial charge on any atom is -0.508 e. The maximum atomic E-state index is 16.6. The van der Waals surface area contributed by atoms with Crippen molar-refractivity contribution < 1.29 is 166 Å². The van der Waals surface area contributed by atoms with Crippen molar-refractivity contribution in [1.29, 1.82) is 0 Å². The first kappa shape index (κ1) is 103. The van der Waals surface area contributed by atoms with Crippen molar-refractivity contribution in [2.45, 2.75) is 225 Å². The van der Waals surface area contributed by atoms with Crippen molar-refractivity contribution in [1.82, 2.24) is 42.5 Å². The largest absolute Gasteiger partial charge is 0.508 e. The number of aliphatic hydroxyl groups is 6. The number of hydrogen-bond donors (Lipinski definition) is 24. The number of nitrogens with one attached hydrogen (secondary N) is 8. The van der Waals surface area contributed by atoms with Gasteiger partial charge in [0.25, 0.3) is 0 Å². The fourth-order valence-corrected chi connectivity index (χ4v) is 19.8. The van der Waals surface area contributed by atoms with Gasteiger partial charge in [-0.2, -0.15) is 0 Å². The highest BCUT2D eigenvalue weighted by atomic mass is 35.5. The minimum absolute atomic E-state index is 0.130. The molecule has 26 N–H and O–H groups in total. The highest BCUT2D eigenvalue weighted by molar-refractivity contribution is 7.70. The van der Waals surface area contributed by atoms with E-state index in [9.17, 15) is 98.9 Å². The predicted octanol–water partition coefficient (Wildman–Crippen LogP) is 2.09. The van der Waals surface area contributed by atoms with E-state index >= 15 is 24.0 Å². The van der Waals surface area contributed by atoms with Gasteiger partial charge < -0.3 is 167 Å². The Morgan fingerprint density at radius 1 is 0.664 bits per heavy atom. The molecule has 14 rings (SSSR count). The number of carbonyl (C=O) groups is 9. The third-order valence-electron chi connectivity index (χ3n) is 23.8. The molecule has 8 heterocycles. The van der Waals surface area contributed by atoms with Gasteiger partial charge in [0.15, 0.2) is 47.4 Å². The zero-order chi connectivity index (χ0) is 98.0. The van der Waals surface area contributed by atoms with Crippen molar-refractivity contribution in [3.05, 3.63) is 147 Å². The summed E-state index contributed by atoms with van der Waals surface area (Å²) in [4.78, 5) is 173. The van der Waals surface area contributed by atoms with E-state index in [0.717, 1.165) is 66.7 Å². The fraction of sp³-hybridized carbons (Fsp3) is 0.477. The Balaban J connectivity index is 1.01. The number of ketones is 1. The van der Waals surface area contributed by atoms with Crippen LogP contribution in [0.5, 0.6) is 51.7 Å². The standard InChI is InChI=1S/C86H106Cl2N10O34P2/c1-35(2)23-49(91-7)77(110)97-67-69(105)40-13-18-54(47(87)25-40)127-56-27-42-28-57(73(56)132-84-74(71(107)70(106)58(34-99)129-84)131-61-33-86(6,76(109)37(4)126-61)92-21-20-51(101)38-10-15-44(16-11-38)124-22-8-9-62(133(118,119)120)134(121,122)123)128-55-19-14-41(26-48(55)88)72(130-60-32-85(5,90)75(108)36(3)125-60)68-82(115)96-66(83(116)117)46-29-43(100)30-53(103)63(46)45-24-39(12-17-52(45)102)64(79(112)98-68)95-80(113)65(42)94-78(111)50(31-59(89)104)93-81(67)114/h10-19,24-30,35-37,49-50,58,60-62,64-72,74-76,84,91-92,99-100,102-103,105-109H,8-9,20-23,31-34,90H2,1-7H3,(H2,89,104)(H,93,114)(H,94,111)(H,95,113)(H,96,115)(H,97,110)(H,98,112)(H,116,117)(H2,118,119,120)(H2,121,122,123)/t36-,37-,49+,50-,58+,60-,61-,64+,65+,66-,67+,68-,69+,70+,71-,72+,74+,75-,76-,84-,85-,86-/m0/s1. The van der Waals surface area contributed by atoms with Crippen LogP contribution >= 0.6 is 38.4 Å². The Morgan fingerprint density at radius 3 is 1.86 bits per heavy atom. The van der Waals surface area contributed by atoms with Crippen LogP contribution in [0.4, 0.5) is 0 Å². The number of carboxylic acid groups (broad SMARTS) is 1. The molecule has 0 radical (unpaired) electrons. The molecule has 0 aromatic heterocycles. The molecule has 8 aliphatic heterocycles. The molecule has 3 fully saturated rings. The van der Waals surface area contributed by atoms with E-state index in [4.69, 9.17) is 77.3 Å². The number of rotatable bonds is 27. The van der Waals surface area contributed by atoms with Gasteiger partial charge in [-0.15, -0.1) is 0 Å². The molecule has 728 valence electrons. The summed E-state index contributed by atoms with van der Waals surface area (Å²) in [5, 5.41) is 135. The first-order valence-corrected chi connectivity index (χ1v) is 46.5. The topological polar surface area (TPSA) is 702 Å². The summed E-state index contributed by atoms with van der Waals surface area (Å²) < 4.78 is 81.7. The number of halogens is 2. The van der Waals surface area contributed by atoms with Gasteiger partial charge in [-0.05, 0) is 161 Å². The van der Waals surface area contributed by atoms with Gasteiger partial charge in [-0.1, -0.05) is 55.2 Å². The first-order chi connectivity index (χ1) is 62.9. The van der Waals surface area contributed by atoms with Crippen LogP contribution in [0.2, 0.25) is 10.0 Å². The molecule has 48 heteroatoms. The monoisotopic (exact) mass is 1950 g/mol. The number of ether oxygens (including phenoxy) is 9. The maximum absolute atomic E-state index is 16.6. The molecular weight excluding hydrogens is 1850 g/mol. The molecule has 44 nitrogen and oxygen atoms in total. The van der Waals surface area contributed by atoms with Crippen molar-refractivity contribution in [3.63, 3.8) is 0 Å². The van der Waals surface area contributed by atoms with Gasteiger partial charge in [0.1, 0.15) is 95.2 Å². The zero-order valence-corrected chi connectivity index (χ0v) is 76.1. The molecule has 134 heavy (non-hydrogen) atoms. The molecule has 0 spiro atoms. The van der Waals surface area contributed by atoms with E-state index in [0.29, 0.717) is 0 Å². The second kappa shape index (κ2) is 42.1. The fourth-order valence-electron chi connectivity index (χ4n) is 16.7. The maximum Gasteiger partial charge on any atom is 0.340 e. The van der Waals surface area contributed by atoms with Crippen LogP contribution < -0.4 is 72.9 Å². The summed E-state index contributed by atoms with van der Waals surface area (Å²) in [5.74, 6) is -17.0. The van der Waals surface area contributed by atoms with Crippen molar-refractivity contribution >= 4 is 91.5 Å². The Labute approximate surface area is 774 Å². The SMILES string of the molecule is CN[C@H](CC(C)C)C(=O)N[C@H]1C(=O)N[C@@H](CC(N)=O)C(=O)N[C@H]2C(=O)N[C@H]3C(=O)N[C@H](C(=O)N[C@H](C(=O)O)c4cc(O)cc(O)c4-c4cc3ccc4O)[C@H](O[C@H]3C[C@](C)(N)[C@@H](O)[C@H](C)O3)c3ccc(c(Cl)c3)Oc3cc2cc(c3O[C@@H]2O[C@H](CO)[C@@H](O)[C@H](O)[C@H]2O[C@H]2C[C@](C)(NCCC(=O)c3ccc(OCCCC(P(=O)(O)O)P(=O)(O)O)cc3)[C@@H](O)[C@H](C)O2)Oc2ccc(cc2Cl)[C@H]1O. The van der Waals surface area contributed by atoms with Gasteiger partial charge in [-0.3, -0.25) is 47.5 Å². The van der Waals surface area contributed by atoms with Crippen LogP contribution in [0.3, 0.4) is 0 Å². The second-order valence-corrected chi connectivity index (χ2v) is 39.3. The summed E-state index contributed by atoms with van der Waals surface area (Å²) in [5.41, 5.74) is 6.65. The number of primary amides is 1. The Bertz CT molecular complexity index is 5500. The molecule has 7 amide bonds. The third kappa shape index (κ3) is 23.5. The lowest BCUT2D eigenvalue weighted by Gasteiger charge is -2.48. The molecule has 22 atom stereocenters. The van der Waals surface area contributed by atoms with E-state index < -0.39 is 310 Å². The molecular formula is C86H106Cl2N10O34P2. The van der Waals surface area contributed by atoms with Crippen molar-refractivity contribution in [2.75, 3.05) is 26.8 Å². The molecule has 3 saturated heterocycles. The van der Waals surface area contributed by atoms with Crippen LogP contribution in [0.15, 0.2) is 103 Å². The van der Waals surface area contributed by atoms with E-state index in [1.165, 1.54) is 64.2 Å². The number of likely N-dealkylation sites (N-methyl/N-ethyl adjacent to an activating group) is 1. The van der Waals surface area contributed by atoms with E-state index in [1.807, 2.05) is 0 Å². The summed E-state index contributed by atoms with van der Waals surface area (Å²) >= 11 is 14.6. The van der Waals surface area contributed by atoms with Gasteiger partial charge >= 0.3 is 21.2 Å². The average Bonchev–Trinajstić information content (AvgIpc) is 0.751. The number of nitrogens with two attached hydrogens (primary N) is 2. The number of carboxylic acids is 1. The molecule has 0 aliphatic carbocycles. The third-order valence-corrected chi connectivity index (χ3v) is 28.3. The van der Waals surface area contributed by atoms with Gasteiger partial charge in [0, 0.05) is 65.2 Å². The highest BCUT2D eigenvalue weighted by Crippen LogP contribution is 2.62. The van der Waals surface area contributed by atoms with E-state index in [1.54, 1.807) is 20.8 Å². The average molecular weight is 1960 g/mol. The number of phenolic OH excluding ortho intramolecular Hbond substituents is 3. The van der Waals surface area contributed by atoms with Crippen LogP contribution in [0, 0.1) is 5.92 Å². The van der Waals surface area contributed by atoms with Gasteiger partial charge in [0.2, 0.25) is 53.4 Å². The second-order valence-electron chi connectivity index (χ2n) is 34.4. The predicted molar refractivity (Wildman–Crippen MR) is 468 cm³/mol. The van der Waals surface area contributed by atoms with Crippen molar-refractivity contribution in [3.8, 4) is 62.9 Å². The Morgan fingerprint density at radius 2 is 1.26 bits per heavy atom. The number of carbonyl (C=O) groups excluding carboxylic acids is 8. The molecule has 11 bridgehead atoms. The number of hydrogen-bond acceptors (Lipinski definition) is 32. The summed E-state index contributed by atoms with van der Waals surface area (Å²) in [6.45, 7) is 8.11. The summed E-state index contributed by atoms with van der Waals surface area (Å²) in [7, 11) is -8.91. The quantitative estimate of drug-likeness (QED) is 0.0199. The number of aliphatic hydroxyl groups excluding tert-OH is 6. The molecule has 0 unspecified atom stereocenters. The molecule has 6 aromatic rings. The normalized spacial score (nSPS) is 28.8. The van der Waals surface area contributed by atoms with Gasteiger partial charge in [-0.25, -0.2) is 4.79 Å². The van der Waals surface area contributed by atoms with Crippen LogP contribution in [0.25, 0.3) is 11.1 Å². The zero-order valence-electron chi connectivity index (χ0n) is 72.8. The number of amides is 7. The summed E-state index contributed by atoms with van der Waals surface area (Å²) in [6, 6.07) is 4.50. The molecule has 8 aliphatic rings. The molecule has 0 saturated carbocycles. The lowest BCUT2D eigenvalue weighted by atomic mass is 9.84. The smallest absolute Gasteiger partial charge is 0.340 e. The number of fused-ring (bicyclic) bond motifs is 15. The number of Topliss-reactive ketones (excluding diaryl/α,β-unsaturated/α-hetero) is 1. The lowest BCUT2D eigenvalue weighted by Crippen LogP contribution is -2.65. The highest BCUT2D eigenvalue weighted by Gasteiger charge is 2.54.